The standard InChI is InChI=1S/C22H29ClO2S/c1-16(2)7-5-8-17(3)9-6-10-18(4)13-14-26-21-12-11-19(23)15-20(21)22(24)25/h7,9,11-13,15H,5-6,8,10,14H2,1-4H3,(H,24,25). The highest BCUT2D eigenvalue weighted by Crippen LogP contribution is 2.26. The molecule has 0 bridgehead atoms. The van der Waals surface area contributed by atoms with E-state index < -0.39 is 5.97 Å². The van der Waals surface area contributed by atoms with Crippen LogP contribution < -0.4 is 0 Å². The highest BCUT2D eigenvalue weighted by atomic mass is 35.5. The Morgan fingerprint density at radius 1 is 1.04 bits per heavy atom. The van der Waals surface area contributed by atoms with Gasteiger partial charge in [-0.2, -0.15) is 0 Å². The highest BCUT2D eigenvalue weighted by Gasteiger charge is 2.10. The lowest BCUT2D eigenvalue weighted by molar-refractivity contribution is 0.0693. The third kappa shape index (κ3) is 9.30. The fraction of sp³-hybridized carbons (Fsp3) is 0.409. The van der Waals surface area contributed by atoms with Crippen LogP contribution in [0.25, 0.3) is 0 Å². The molecule has 1 aromatic carbocycles. The average molecular weight is 393 g/mol. The van der Waals surface area contributed by atoms with Gasteiger partial charge in [0.05, 0.1) is 5.56 Å². The monoisotopic (exact) mass is 392 g/mol. The molecule has 0 unspecified atom stereocenters. The van der Waals surface area contributed by atoms with Gasteiger partial charge in [-0.05, 0) is 71.6 Å². The second-order valence-electron chi connectivity index (χ2n) is 6.72. The van der Waals surface area contributed by atoms with E-state index in [0.717, 1.165) is 36.3 Å². The van der Waals surface area contributed by atoms with Gasteiger partial charge in [-0.15, -0.1) is 11.8 Å². The molecule has 0 amide bonds. The second kappa shape index (κ2) is 12.0. The van der Waals surface area contributed by atoms with Gasteiger partial charge in [0.2, 0.25) is 0 Å². The first-order valence-electron chi connectivity index (χ1n) is 8.90. The Morgan fingerprint density at radius 2 is 1.65 bits per heavy atom. The number of carboxylic acid groups (broad SMARTS) is 1. The maximum atomic E-state index is 11.3. The molecular weight excluding hydrogens is 364 g/mol. The number of carbonyl (C=O) groups is 1. The van der Waals surface area contributed by atoms with Crippen LogP contribution in [0.3, 0.4) is 0 Å². The van der Waals surface area contributed by atoms with Crippen LogP contribution in [0.1, 0.15) is 63.7 Å². The van der Waals surface area contributed by atoms with Gasteiger partial charge >= 0.3 is 5.97 Å². The number of aromatic carboxylic acids is 1. The smallest absolute Gasteiger partial charge is 0.336 e. The van der Waals surface area contributed by atoms with Crippen LogP contribution in [-0.4, -0.2) is 16.8 Å². The Kier molecular flexibility index (Phi) is 10.5. The topological polar surface area (TPSA) is 37.3 Å². The summed E-state index contributed by atoms with van der Waals surface area (Å²) in [7, 11) is 0. The summed E-state index contributed by atoms with van der Waals surface area (Å²) in [6, 6.07) is 5.01. The van der Waals surface area contributed by atoms with Crippen molar-refractivity contribution < 1.29 is 9.90 Å². The number of thioether (sulfide) groups is 1. The van der Waals surface area contributed by atoms with Crippen LogP contribution >= 0.6 is 23.4 Å². The molecule has 0 radical (unpaired) electrons. The summed E-state index contributed by atoms with van der Waals surface area (Å²) in [5.74, 6) is -0.179. The number of halogens is 1. The van der Waals surface area contributed by atoms with Crippen LogP contribution in [0.5, 0.6) is 0 Å². The molecule has 1 rings (SSSR count). The van der Waals surface area contributed by atoms with Crippen molar-refractivity contribution in [2.45, 2.75) is 58.3 Å². The van der Waals surface area contributed by atoms with E-state index in [9.17, 15) is 9.90 Å². The van der Waals surface area contributed by atoms with Crippen molar-refractivity contribution in [1.29, 1.82) is 0 Å². The zero-order chi connectivity index (χ0) is 19.5. The molecule has 0 fully saturated rings. The summed E-state index contributed by atoms with van der Waals surface area (Å²) in [6.45, 7) is 8.60. The lowest BCUT2D eigenvalue weighted by Crippen LogP contribution is -1.98. The molecule has 0 heterocycles. The summed E-state index contributed by atoms with van der Waals surface area (Å²) in [5.41, 5.74) is 4.41. The lowest BCUT2D eigenvalue weighted by atomic mass is 10.1. The van der Waals surface area contributed by atoms with Crippen LogP contribution in [0.2, 0.25) is 5.02 Å². The number of carboxylic acids is 1. The minimum absolute atomic E-state index is 0.267. The third-order valence-corrected chi connectivity index (χ3v) is 5.20. The molecule has 142 valence electrons. The van der Waals surface area contributed by atoms with E-state index in [-0.39, 0.29) is 5.56 Å². The third-order valence-electron chi connectivity index (χ3n) is 3.97. The molecule has 0 saturated heterocycles. The zero-order valence-corrected chi connectivity index (χ0v) is 17.7. The number of hydrogen-bond donors (Lipinski definition) is 1. The molecule has 0 atom stereocenters. The fourth-order valence-corrected chi connectivity index (χ4v) is 3.59. The van der Waals surface area contributed by atoms with E-state index in [0.29, 0.717) is 5.02 Å². The van der Waals surface area contributed by atoms with Gasteiger partial charge in [0, 0.05) is 15.7 Å². The van der Waals surface area contributed by atoms with E-state index in [1.54, 1.807) is 12.1 Å². The molecule has 0 aromatic heterocycles. The minimum Gasteiger partial charge on any atom is -0.478 e. The maximum absolute atomic E-state index is 11.3. The van der Waals surface area contributed by atoms with Crippen molar-refractivity contribution in [3.8, 4) is 0 Å². The number of rotatable bonds is 10. The van der Waals surface area contributed by atoms with Crippen molar-refractivity contribution >= 4 is 29.3 Å². The molecule has 1 N–H and O–H groups in total. The average Bonchev–Trinajstić information content (AvgIpc) is 2.55. The van der Waals surface area contributed by atoms with Crippen molar-refractivity contribution in [1.82, 2.24) is 0 Å². The molecule has 0 aliphatic heterocycles. The van der Waals surface area contributed by atoms with Gasteiger partial charge in [-0.1, -0.05) is 46.5 Å². The maximum Gasteiger partial charge on any atom is 0.336 e. The van der Waals surface area contributed by atoms with E-state index >= 15 is 0 Å². The van der Waals surface area contributed by atoms with Gasteiger partial charge in [0.15, 0.2) is 0 Å². The first-order chi connectivity index (χ1) is 12.3. The van der Waals surface area contributed by atoms with Crippen molar-refractivity contribution in [3.05, 3.63) is 63.7 Å². The lowest BCUT2D eigenvalue weighted by Gasteiger charge is -2.05. The Hall–Kier alpha value is -1.45. The van der Waals surface area contributed by atoms with Gasteiger partial charge < -0.3 is 5.11 Å². The van der Waals surface area contributed by atoms with Crippen molar-refractivity contribution in [3.63, 3.8) is 0 Å². The molecular formula is C22H29ClO2S. The largest absolute Gasteiger partial charge is 0.478 e. The van der Waals surface area contributed by atoms with Gasteiger partial charge in [-0.3, -0.25) is 0 Å². The van der Waals surface area contributed by atoms with Crippen molar-refractivity contribution in [2.24, 2.45) is 0 Å². The predicted molar refractivity (Wildman–Crippen MR) is 115 cm³/mol. The molecule has 2 nitrogen and oxygen atoms in total. The molecule has 0 aliphatic rings. The molecule has 26 heavy (non-hydrogen) atoms. The molecule has 0 saturated carbocycles. The Morgan fingerprint density at radius 3 is 2.27 bits per heavy atom. The van der Waals surface area contributed by atoms with Crippen molar-refractivity contribution in [2.75, 3.05) is 5.75 Å². The zero-order valence-electron chi connectivity index (χ0n) is 16.1. The summed E-state index contributed by atoms with van der Waals surface area (Å²) in [5, 5.41) is 9.71. The van der Waals surface area contributed by atoms with Gasteiger partial charge in [0.25, 0.3) is 0 Å². The first kappa shape index (κ1) is 22.6. The molecule has 0 spiro atoms. The highest BCUT2D eigenvalue weighted by molar-refractivity contribution is 7.99. The number of hydrogen-bond acceptors (Lipinski definition) is 2. The predicted octanol–water partition coefficient (Wildman–Crippen LogP) is 7.55. The number of benzene rings is 1. The normalized spacial score (nSPS) is 12.2. The Labute approximate surface area is 167 Å². The van der Waals surface area contributed by atoms with E-state index in [1.807, 2.05) is 0 Å². The molecule has 0 aliphatic carbocycles. The quantitative estimate of drug-likeness (QED) is 0.330. The Balaban J connectivity index is 2.45. The van der Waals surface area contributed by atoms with E-state index in [1.165, 1.54) is 34.5 Å². The summed E-state index contributed by atoms with van der Waals surface area (Å²) >= 11 is 7.41. The Bertz CT molecular complexity index is 698. The second-order valence-corrected chi connectivity index (χ2v) is 8.21. The summed E-state index contributed by atoms with van der Waals surface area (Å²) < 4.78 is 0. The first-order valence-corrected chi connectivity index (χ1v) is 10.3. The van der Waals surface area contributed by atoms with Crippen LogP contribution in [-0.2, 0) is 0 Å². The van der Waals surface area contributed by atoms with Gasteiger partial charge in [0.1, 0.15) is 0 Å². The summed E-state index contributed by atoms with van der Waals surface area (Å²) in [4.78, 5) is 12.0. The minimum atomic E-state index is -0.940. The van der Waals surface area contributed by atoms with E-state index in [2.05, 4.69) is 45.9 Å². The molecule has 1 aromatic rings. The van der Waals surface area contributed by atoms with E-state index in [4.69, 9.17) is 11.6 Å². The number of allylic oxidation sites excluding steroid dienone is 5. The van der Waals surface area contributed by atoms with Gasteiger partial charge in [-0.25, -0.2) is 4.79 Å². The SMILES string of the molecule is CC(C)=CCCC(C)=CCCC(C)=CCSc1ccc(Cl)cc1C(=O)O. The summed E-state index contributed by atoms with van der Waals surface area (Å²) in [6.07, 6.45) is 11.1. The molecule has 4 heteroatoms. The van der Waals surface area contributed by atoms with Crippen LogP contribution in [0.15, 0.2) is 58.0 Å². The van der Waals surface area contributed by atoms with Crippen LogP contribution in [0, 0.1) is 0 Å². The fourth-order valence-electron chi connectivity index (χ4n) is 2.41. The van der Waals surface area contributed by atoms with Crippen LogP contribution in [0.4, 0.5) is 0 Å².